The first-order valence-electron chi connectivity index (χ1n) is 26.0. The zero-order chi connectivity index (χ0) is 58.2. The predicted molar refractivity (Wildman–Crippen MR) is 297 cm³/mol. The summed E-state index contributed by atoms with van der Waals surface area (Å²) in [5.41, 5.74) is 0.613. The normalized spacial score (nSPS) is 16.0. The molecular weight excluding hydrogens is 1100 g/mol. The zero-order valence-electron chi connectivity index (χ0n) is 46.5. The maximum absolute atomic E-state index is 12.3. The second-order valence-corrected chi connectivity index (χ2v) is 25.0. The van der Waals surface area contributed by atoms with Crippen LogP contribution >= 0.6 is 23.2 Å². The van der Waals surface area contributed by atoms with Crippen molar-refractivity contribution in [1.82, 2.24) is 74.4 Å². The highest BCUT2D eigenvalue weighted by Crippen LogP contribution is 2.32. The number of rotatable bonds is 5. The summed E-state index contributed by atoms with van der Waals surface area (Å²) >= 11 is 11.7. The van der Waals surface area contributed by atoms with Crippen LogP contribution in [0.5, 0.6) is 11.6 Å². The summed E-state index contributed by atoms with van der Waals surface area (Å²) in [7, 11) is -3.28. The maximum atomic E-state index is 12.3. The number of sulfone groups is 1. The number of carbonyl (C=O) groups is 3. The first-order chi connectivity index (χ1) is 37.6. The third-order valence-corrected chi connectivity index (χ3v) is 14.1. The molecule has 0 radical (unpaired) electrons. The summed E-state index contributed by atoms with van der Waals surface area (Å²) in [5.74, 6) is 0.797. The Morgan fingerprint density at radius 1 is 0.575 bits per heavy atom. The van der Waals surface area contributed by atoms with Gasteiger partial charge in [-0.25, -0.2) is 62.1 Å². The topological polar surface area (TPSA) is 294 Å². The number of aliphatic hydroxyl groups excluding tert-OH is 1. The first kappa shape index (κ1) is 60.6. The number of likely N-dealkylation sites (tertiary alicyclic amines) is 3. The molecule has 9 heterocycles. The molecule has 3 aliphatic rings. The summed E-state index contributed by atoms with van der Waals surface area (Å²) < 4.78 is 49.0. The number of aromatic nitrogens is 12. The SMILES string of the molecule is CC(C)(C)OC(=O)N1CCC(O)CC1.CC(C)(C)OC(=O)N1CCC(n2ncc3c(Cl)ncnc32)CC1.CC(C)(C)OC(=O)N1CCC(n2ncc3c(Oc4ccc(S(C)(=O)=O)cc4)ncnc32)CC1.Clc1ncnc2[nH]ncc12. The molecule has 0 bridgehead atoms. The number of nitrogens with zero attached hydrogens (tertiary/aromatic N) is 14. The molecule has 432 valence electrons. The minimum absolute atomic E-state index is 0.0815. The van der Waals surface area contributed by atoms with Crippen molar-refractivity contribution in [3.63, 3.8) is 0 Å². The van der Waals surface area contributed by atoms with Crippen LogP contribution in [0.4, 0.5) is 14.4 Å². The van der Waals surface area contributed by atoms with Crippen molar-refractivity contribution in [3.05, 3.63) is 72.1 Å². The Hall–Kier alpha value is -7.03. The van der Waals surface area contributed by atoms with E-state index in [0.29, 0.717) is 90.7 Å². The van der Waals surface area contributed by atoms with Gasteiger partial charge in [-0.15, -0.1) is 0 Å². The van der Waals surface area contributed by atoms with Gasteiger partial charge in [-0.2, -0.15) is 15.3 Å². The zero-order valence-corrected chi connectivity index (χ0v) is 48.9. The van der Waals surface area contributed by atoms with Crippen LogP contribution in [0.3, 0.4) is 0 Å². The molecule has 0 atom stereocenters. The van der Waals surface area contributed by atoms with Crippen molar-refractivity contribution < 1.29 is 46.9 Å². The molecule has 7 aromatic rings. The van der Waals surface area contributed by atoms with E-state index in [4.69, 9.17) is 42.1 Å². The molecule has 3 saturated heterocycles. The molecule has 80 heavy (non-hydrogen) atoms. The monoisotopic (exact) mass is 1170 g/mol. The molecule has 3 fully saturated rings. The number of benzene rings is 1. The molecule has 3 aliphatic heterocycles. The van der Waals surface area contributed by atoms with Gasteiger partial charge in [0.05, 0.1) is 52.4 Å². The molecular formula is C52H69Cl2N15O10S. The quantitative estimate of drug-likeness (QED) is 0.120. The fourth-order valence-corrected chi connectivity index (χ4v) is 9.50. The van der Waals surface area contributed by atoms with Crippen molar-refractivity contribution in [3.8, 4) is 11.6 Å². The second kappa shape index (κ2) is 25.6. The number of H-pyrrole nitrogens is 1. The van der Waals surface area contributed by atoms with Crippen LogP contribution in [-0.4, -0.2) is 175 Å². The lowest BCUT2D eigenvalue weighted by Crippen LogP contribution is -2.42. The summed E-state index contributed by atoms with van der Waals surface area (Å²) in [5, 5.41) is 27.6. The van der Waals surface area contributed by atoms with Gasteiger partial charge in [0.1, 0.15) is 57.2 Å². The smallest absolute Gasteiger partial charge is 0.410 e. The lowest BCUT2D eigenvalue weighted by atomic mass is 10.1. The van der Waals surface area contributed by atoms with E-state index < -0.39 is 26.6 Å². The van der Waals surface area contributed by atoms with Gasteiger partial charge in [0.25, 0.3) is 0 Å². The Morgan fingerprint density at radius 2 is 0.988 bits per heavy atom. The van der Waals surface area contributed by atoms with Crippen LogP contribution in [-0.2, 0) is 24.0 Å². The Morgan fingerprint density at radius 3 is 1.44 bits per heavy atom. The van der Waals surface area contributed by atoms with Crippen LogP contribution in [0.15, 0.2) is 66.7 Å². The van der Waals surface area contributed by atoms with Crippen molar-refractivity contribution in [2.75, 3.05) is 45.5 Å². The third kappa shape index (κ3) is 16.8. The molecule has 6 aromatic heterocycles. The molecule has 1 aromatic carbocycles. The maximum Gasteiger partial charge on any atom is 0.410 e. The van der Waals surface area contributed by atoms with Crippen LogP contribution in [0.25, 0.3) is 33.1 Å². The van der Waals surface area contributed by atoms with E-state index >= 15 is 0 Å². The molecule has 0 aliphatic carbocycles. The van der Waals surface area contributed by atoms with Crippen LogP contribution < -0.4 is 4.74 Å². The Bertz CT molecular complexity index is 3330. The molecule has 25 nitrogen and oxygen atoms in total. The highest BCUT2D eigenvalue weighted by Gasteiger charge is 2.31. The number of nitrogens with one attached hydrogen (secondary N) is 1. The van der Waals surface area contributed by atoms with E-state index in [2.05, 4.69) is 50.3 Å². The Balaban J connectivity index is 0.000000169. The molecule has 2 N–H and O–H groups in total. The van der Waals surface area contributed by atoms with Gasteiger partial charge in [-0.05, 0) is 125 Å². The first-order valence-corrected chi connectivity index (χ1v) is 28.7. The van der Waals surface area contributed by atoms with Gasteiger partial charge in [-0.1, -0.05) is 23.2 Å². The highest BCUT2D eigenvalue weighted by molar-refractivity contribution is 7.90. The van der Waals surface area contributed by atoms with Crippen LogP contribution in [0.1, 0.15) is 113 Å². The lowest BCUT2D eigenvalue weighted by molar-refractivity contribution is 0.00979. The minimum Gasteiger partial charge on any atom is -0.444 e. The fourth-order valence-electron chi connectivity index (χ4n) is 8.51. The van der Waals surface area contributed by atoms with Gasteiger partial charge in [0.15, 0.2) is 26.8 Å². The van der Waals surface area contributed by atoms with Gasteiger partial charge >= 0.3 is 18.3 Å². The third-order valence-electron chi connectivity index (χ3n) is 12.4. The average Bonchev–Trinajstić information content (AvgIpc) is 4.26. The summed E-state index contributed by atoms with van der Waals surface area (Å²) in [6.07, 6.45) is 13.6. The number of halogens is 2. The van der Waals surface area contributed by atoms with E-state index in [-0.39, 0.29) is 41.4 Å². The van der Waals surface area contributed by atoms with E-state index in [9.17, 15) is 27.9 Å². The number of piperidine rings is 3. The van der Waals surface area contributed by atoms with Gasteiger partial charge in [-0.3, -0.25) is 5.10 Å². The van der Waals surface area contributed by atoms with E-state index in [0.717, 1.165) is 48.4 Å². The van der Waals surface area contributed by atoms with Gasteiger partial charge in [0, 0.05) is 45.5 Å². The number of fused-ring (bicyclic) bond motifs is 3. The predicted octanol–water partition coefficient (Wildman–Crippen LogP) is 9.03. The standard InChI is InChI=1S/C22H27N5O5S.C15H20ClN5O2.C10H19NO3.C5H3ClN4/c1-22(2,3)32-21(28)26-11-9-15(10-12-26)27-19-18(13-25-27)20(24-14-23-19)31-16-5-7-17(8-6-16)33(4,29)30;1-15(2,3)23-14(22)20-6-4-10(5-7-20)21-13-11(8-19-21)12(16)17-9-18-13;1-10(2,3)14-9(13)11-6-4-8(12)5-7-11;6-4-3-1-9-10-5(3)8-2-7-4/h5-8,13-15H,9-12H2,1-4H3;8-10H,4-7H2,1-3H3;8,12H,4-7H2,1-3H3;1-2H,(H,7,8,9,10). The van der Waals surface area contributed by atoms with Crippen LogP contribution in [0.2, 0.25) is 10.3 Å². The number of aromatic amines is 1. The second-order valence-electron chi connectivity index (χ2n) is 22.2. The van der Waals surface area contributed by atoms with Crippen molar-refractivity contribution in [2.45, 2.75) is 141 Å². The van der Waals surface area contributed by atoms with Crippen molar-refractivity contribution in [1.29, 1.82) is 0 Å². The minimum atomic E-state index is -3.28. The molecule has 0 spiro atoms. The van der Waals surface area contributed by atoms with Gasteiger partial charge in [0.2, 0.25) is 5.88 Å². The number of hydrogen-bond acceptors (Lipinski definition) is 19. The number of amides is 3. The van der Waals surface area contributed by atoms with Crippen molar-refractivity contribution in [2.24, 2.45) is 0 Å². The molecule has 0 unspecified atom stereocenters. The largest absolute Gasteiger partial charge is 0.444 e. The average molecular weight is 1170 g/mol. The number of aliphatic hydroxyl groups is 1. The van der Waals surface area contributed by atoms with E-state index in [1.165, 1.54) is 31.1 Å². The molecule has 3 amide bonds. The fraction of sp³-hybridized carbons (Fsp3) is 0.538. The molecule has 0 saturated carbocycles. The van der Waals surface area contributed by atoms with E-state index in [1.807, 2.05) is 71.7 Å². The van der Waals surface area contributed by atoms with Crippen LogP contribution in [0, 0.1) is 0 Å². The molecule has 28 heteroatoms. The number of ether oxygens (including phenoxy) is 4. The lowest BCUT2D eigenvalue weighted by Gasteiger charge is -2.33. The summed E-state index contributed by atoms with van der Waals surface area (Å²) in [6, 6.07) is 6.42. The Labute approximate surface area is 473 Å². The number of hydrogen-bond donors (Lipinski definition) is 2. The van der Waals surface area contributed by atoms with Crippen molar-refractivity contribution >= 4 is 84.4 Å². The van der Waals surface area contributed by atoms with Gasteiger partial charge < -0.3 is 38.8 Å². The Kier molecular flexibility index (Phi) is 19.4. The van der Waals surface area contributed by atoms with E-state index in [1.54, 1.807) is 45.4 Å². The summed E-state index contributed by atoms with van der Waals surface area (Å²) in [6.45, 7) is 20.3. The molecule has 10 rings (SSSR count). The summed E-state index contributed by atoms with van der Waals surface area (Å²) in [4.78, 5) is 65.8. The number of carbonyl (C=O) groups excluding carboxylic acids is 3. The highest BCUT2D eigenvalue weighted by atomic mass is 35.5.